The lowest BCUT2D eigenvalue weighted by Gasteiger charge is -2.27. The molecule has 0 saturated heterocycles. The lowest BCUT2D eigenvalue weighted by molar-refractivity contribution is -0.119. The third kappa shape index (κ3) is 18.4. The van der Waals surface area contributed by atoms with Crippen LogP contribution in [0.1, 0.15) is 116 Å². The Bertz CT molecular complexity index is 3340. The van der Waals surface area contributed by atoms with E-state index < -0.39 is 133 Å². The Balaban J connectivity index is 1.62. The van der Waals surface area contributed by atoms with Crippen molar-refractivity contribution in [2.45, 2.75) is 38.6 Å². The summed E-state index contributed by atoms with van der Waals surface area (Å²) >= 11 is 0. The van der Waals surface area contributed by atoms with Gasteiger partial charge in [0.2, 0.25) is 0 Å². The van der Waals surface area contributed by atoms with Crippen molar-refractivity contribution in [2.24, 2.45) is 0 Å². The first kappa shape index (κ1) is 67.8. The molecule has 33 heteroatoms. The number of hydrogen-bond donors (Lipinski definition) is 10. The molecule has 85 heavy (non-hydrogen) atoms. The van der Waals surface area contributed by atoms with Gasteiger partial charge >= 0.3 is 0 Å². The molecule has 0 aromatic carbocycles. The van der Waals surface area contributed by atoms with Gasteiger partial charge < -0.3 is 81.5 Å². The van der Waals surface area contributed by atoms with Crippen LogP contribution in [0.3, 0.4) is 0 Å². The normalized spacial score (nSPS) is 11.2. The predicted octanol–water partition coefficient (Wildman–Crippen LogP) is -3.25. The number of methoxy groups -OCH3 is 4. The third-order valence-electron chi connectivity index (χ3n) is 12.5. The van der Waals surface area contributed by atoms with Crippen molar-refractivity contribution in [2.75, 3.05) is 114 Å². The molecule has 8 amide bonds. The minimum atomic E-state index is -1.45. The average molecular weight is 1200 g/mol. The van der Waals surface area contributed by atoms with E-state index in [1.165, 1.54) is 28.4 Å². The number of rotatable bonds is 34. The van der Waals surface area contributed by atoms with Crippen LogP contribution in [0.2, 0.25) is 0 Å². The van der Waals surface area contributed by atoms with Crippen molar-refractivity contribution in [1.29, 1.82) is 0 Å². The Morgan fingerprint density at radius 3 is 1.05 bits per heavy atom. The van der Waals surface area contributed by atoms with Crippen LogP contribution in [0.5, 0.6) is 0 Å². The highest BCUT2D eigenvalue weighted by molar-refractivity contribution is 6.00. The Morgan fingerprint density at radius 1 is 0.412 bits per heavy atom. The number of unbranched alkanes of at least 4 members (excludes halogenated alkanes) is 1. The summed E-state index contributed by atoms with van der Waals surface area (Å²) in [7, 11) is 5.53. The first-order chi connectivity index (χ1) is 40.6. The minimum Gasteiger partial charge on any atom is -0.425 e. The smallest absolute Gasteiger partial charge is 0.296 e. The van der Waals surface area contributed by atoms with Gasteiger partial charge in [-0.15, -0.1) is 18.9 Å². The van der Waals surface area contributed by atoms with Gasteiger partial charge in [-0.05, 0) is 81.1 Å². The molecule has 462 valence electrons. The summed E-state index contributed by atoms with van der Waals surface area (Å²) in [6.45, 7) is 0.110. The largest absolute Gasteiger partial charge is 0.425 e. The minimum absolute atomic E-state index is 0.000396. The van der Waals surface area contributed by atoms with Gasteiger partial charge in [-0.3, -0.25) is 62.3 Å². The van der Waals surface area contributed by atoms with Gasteiger partial charge in [0.05, 0.1) is 32.5 Å². The summed E-state index contributed by atoms with van der Waals surface area (Å²) in [6, 6.07) is 6.53. The second-order valence-corrected chi connectivity index (χ2v) is 18.3. The van der Waals surface area contributed by atoms with Gasteiger partial charge in [0.25, 0.3) is 69.5 Å². The van der Waals surface area contributed by atoms with E-state index in [1.807, 2.05) is 0 Å². The van der Waals surface area contributed by atoms with Crippen molar-refractivity contribution >= 4 is 53.0 Å². The molecule has 1 atom stereocenters. The molecular formula is C52H68N12O21. The predicted molar refractivity (Wildman–Crippen MR) is 293 cm³/mol. The summed E-state index contributed by atoms with van der Waals surface area (Å²) in [5.74, 6) is -8.35. The molecule has 0 bridgehead atoms. The van der Waals surface area contributed by atoms with Crippen molar-refractivity contribution in [3.05, 3.63) is 135 Å². The van der Waals surface area contributed by atoms with E-state index in [2.05, 4.69) is 31.9 Å². The van der Waals surface area contributed by atoms with Gasteiger partial charge in [0, 0.05) is 87.3 Å². The van der Waals surface area contributed by atoms with Crippen molar-refractivity contribution in [3.8, 4) is 0 Å². The van der Waals surface area contributed by atoms with E-state index in [9.17, 15) is 83.2 Å². The standard InChI is InChI=1S/C52H68N12O21/c1-31(65)36(58-46(71)38-14-10-33(48(73)62(38)79)42(67)55-20-28-83-3)17-26-60(52(77)40-16-12-35(50(75)64(40)81)44(69)57-22-30-85-5)24-7-6-23-59(51(76)39-15-11-34(49(74)63(39)80)43(68)56-21-29-84-4)25-8-18-53-45(70)37-13-9-32(47(72)61(37)78)41(66)54-19-27-82-2/h9-16,36,78-81H,6-8,17-30H2,1-5H3,(H,53,70)(H,54,66)(H,55,67)(H,56,68)(H,57,69)(H,58,71). The number of amides is 8. The molecule has 10 N–H and O–H groups in total. The molecule has 4 heterocycles. The molecule has 0 radical (unpaired) electrons. The Morgan fingerprint density at radius 2 is 0.706 bits per heavy atom. The molecule has 33 nitrogen and oxygen atoms in total. The van der Waals surface area contributed by atoms with Gasteiger partial charge in [0.15, 0.2) is 5.78 Å². The fraction of sp³-hybridized carbons (Fsp3) is 0.442. The molecule has 0 aliphatic heterocycles. The lowest BCUT2D eigenvalue weighted by atomic mass is 10.1. The first-order valence-electron chi connectivity index (χ1n) is 26.1. The maximum atomic E-state index is 14.4. The Labute approximate surface area is 482 Å². The zero-order chi connectivity index (χ0) is 62.9. The molecule has 1 unspecified atom stereocenters. The van der Waals surface area contributed by atoms with Crippen LogP contribution in [0.4, 0.5) is 0 Å². The van der Waals surface area contributed by atoms with Crippen LogP contribution >= 0.6 is 0 Å². The van der Waals surface area contributed by atoms with E-state index >= 15 is 0 Å². The third-order valence-corrected chi connectivity index (χ3v) is 12.5. The molecule has 4 aromatic heterocycles. The van der Waals surface area contributed by atoms with E-state index in [-0.39, 0.29) is 123 Å². The van der Waals surface area contributed by atoms with Gasteiger partial charge in [-0.2, -0.15) is 0 Å². The number of aromatic nitrogens is 4. The second-order valence-electron chi connectivity index (χ2n) is 18.3. The van der Waals surface area contributed by atoms with Crippen LogP contribution in [0, 0.1) is 0 Å². The van der Waals surface area contributed by atoms with Crippen molar-refractivity contribution in [1.82, 2.24) is 60.6 Å². The van der Waals surface area contributed by atoms with Gasteiger partial charge in [-0.1, -0.05) is 0 Å². The maximum Gasteiger partial charge on any atom is 0.296 e. The topological polar surface area (TPSA) is 438 Å². The molecule has 4 rings (SSSR count). The number of nitrogens with zero attached hydrogens (tertiary/aromatic N) is 6. The average Bonchev–Trinajstić information content (AvgIpc) is 3.68. The van der Waals surface area contributed by atoms with Crippen molar-refractivity contribution in [3.63, 3.8) is 0 Å². The Hall–Kier alpha value is -9.73. The van der Waals surface area contributed by atoms with Gasteiger partial charge in [0.1, 0.15) is 45.0 Å². The van der Waals surface area contributed by atoms with Crippen LogP contribution in [0.15, 0.2) is 67.7 Å². The lowest BCUT2D eigenvalue weighted by Crippen LogP contribution is -2.45. The first-order valence-corrected chi connectivity index (χ1v) is 26.1. The van der Waals surface area contributed by atoms with Crippen LogP contribution in [-0.4, -0.2) is 222 Å². The second kappa shape index (κ2) is 33.4. The number of ether oxygens (including phenoxy) is 4. The van der Waals surface area contributed by atoms with Crippen LogP contribution in [-0.2, 0) is 23.7 Å². The van der Waals surface area contributed by atoms with Crippen LogP contribution < -0.4 is 54.1 Å². The molecule has 0 aliphatic carbocycles. The molecule has 0 aliphatic rings. The van der Waals surface area contributed by atoms with Gasteiger partial charge in [-0.25, -0.2) is 0 Å². The highest BCUT2D eigenvalue weighted by Crippen LogP contribution is 2.13. The fourth-order valence-electron chi connectivity index (χ4n) is 7.93. The highest BCUT2D eigenvalue weighted by atomic mass is 16.5. The van der Waals surface area contributed by atoms with Crippen molar-refractivity contribution < 1.29 is 82.9 Å². The van der Waals surface area contributed by atoms with E-state index in [4.69, 9.17) is 18.9 Å². The number of ketones is 1. The monoisotopic (exact) mass is 1200 g/mol. The quantitative estimate of drug-likeness (QED) is 0.0162. The van der Waals surface area contributed by atoms with E-state index in [1.54, 1.807) is 0 Å². The SMILES string of the molecule is COCCNC(=O)c1ccc(C(=O)NCCCN(CCCCN(CCC(NC(=O)c2ccc(C(=O)NCCOC)c(=O)n2O)C(C)=O)C(=O)c2ccc(C(=O)NCCOC)c(=O)n2O)C(=O)c2ccc(C(=O)NCCOC)c(=O)n2O)n(O)c1=O. The zero-order valence-electron chi connectivity index (χ0n) is 47.1. The number of carbonyl (C=O) groups is 9. The molecule has 4 aromatic rings. The Kier molecular flexibility index (Phi) is 26.6. The summed E-state index contributed by atoms with van der Waals surface area (Å²) in [6.07, 6.45) is -0.514. The molecule has 0 saturated carbocycles. The summed E-state index contributed by atoms with van der Waals surface area (Å²) < 4.78 is 19.3. The number of Topliss-reactive ketones (excluding diaryl/α,β-unsaturated/α-hetero) is 1. The highest BCUT2D eigenvalue weighted by Gasteiger charge is 2.29. The summed E-state index contributed by atoms with van der Waals surface area (Å²) in [5, 5.41) is 57.6. The number of pyridine rings is 4. The van der Waals surface area contributed by atoms with Crippen LogP contribution in [0.25, 0.3) is 0 Å². The maximum absolute atomic E-state index is 14.4. The summed E-state index contributed by atoms with van der Waals surface area (Å²) in [4.78, 5) is 173. The number of nitrogens with one attached hydrogen (secondary N) is 6. The molecular weight excluding hydrogens is 1130 g/mol. The van der Waals surface area contributed by atoms with E-state index in [0.29, 0.717) is 0 Å². The number of hydrogen-bond acceptors (Lipinski definition) is 21. The molecule has 0 spiro atoms. The zero-order valence-corrected chi connectivity index (χ0v) is 47.1. The fourth-order valence-corrected chi connectivity index (χ4v) is 7.93. The molecule has 0 fully saturated rings. The summed E-state index contributed by atoms with van der Waals surface area (Å²) in [5.41, 5.74) is -9.64. The van der Waals surface area contributed by atoms with E-state index in [0.717, 1.165) is 65.3 Å². The number of carbonyl (C=O) groups excluding carboxylic acids is 9.